The van der Waals surface area contributed by atoms with Crippen LogP contribution in [-0.4, -0.2) is 31.1 Å². The third kappa shape index (κ3) is 1.60. The van der Waals surface area contributed by atoms with E-state index in [2.05, 4.69) is 42.7 Å². The summed E-state index contributed by atoms with van der Waals surface area (Å²) in [5.41, 5.74) is 8.77. The van der Waals surface area contributed by atoms with Crippen molar-refractivity contribution in [1.29, 1.82) is 0 Å². The van der Waals surface area contributed by atoms with E-state index >= 15 is 0 Å². The lowest BCUT2D eigenvalue weighted by Crippen LogP contribution is -2.41. The highest BCUT2D eigenvalue weighted by Crippen LogP contribution is 2.48. The first kappa shape index (κ1) is 11.3. The van der Waals surface area contributed by atoms with Crippen molar-refractivity contribution in [3.63, 3.8) is 0 Å². The predicted octanol–water partition coefficient (Wildman–Crippen LogP) is 2.66. The Bertz CT molecular complexity index is 267. The molecule has 1 rings (SSSR count). The number of hydrogen-bond donors (Lipinski definition) is 0. The van der Waals surface area contributed by atoms with Crippen LogP contribution in [0.5, 0.6) is 0 Å². The Morgan fingerprint density at radius 2 is 1.93 bits per heavy atom. The molecule has 0 bridgehead atoms. The number of azide groups is 1. The Morgan fingerprint density at radius 1 is 1.36 bits per heavy atom. The van der Waals surface area contributed by atoms with E-state index < -0.39 is 0 Å². The Hall–Kier alpha value is -0.730. The normalized spacial score (nSPS) is 33.8. The molecule has 0 amide bonds. The summed E-state index contributed by atoms with van der Waals surface area (Å²) >= 11 is 0. The van der Waals surface area contributed by atoms with E-state index in [0.29, 0.717) is 0 Å². The highest BCUT2D eigenvalue weighted by molar-refractivity contribution is 5.03. The largest absolute Gasteiger partial charge is 0.305 e. The van der Waals surface area contributed by atoms with Crippen LogP contribution < -0.4 is 0 Å². The molecule has 4 heteroatoms. The first-order chi connectivity index (χ1) is 6.33. The molecule has 4 nitrogen and oxygen atoms in total. The molecule has 80 valence electrons. The van der Waals surface area contributed by atoms with Gasteiger partial charge < -0.3 is 4.90 Å². The average molecular weight is 196 g/mol. The first-order valence-electron chi connectivity index (χ1n) is 5.06. The summed E-state index contributed by atoms with van der Waals surface area (Å²) in [7, 11) is 2.12. The third-order valence-electron chi connectivity index (χ3n) is 3.96. The van der Waals surface area contributed by atoms with Crippen molar-refractivity contribution in [2.24, 2.45) is 15.9 Å². The third-order valence-corrected chi connectivity index (χ3v) is 3.96. The molecule has 0 radical (unpaired) electrons. The minimum atomic E-state index is 0.0486. The lowest BCUT2D eigenvalue weighted by Gasteiger charge is -2.40. The lowest BCUT2D eigenvalue weighted by molar-refractivity contribution is 0.127. The van der Waals surface area contributed by atoms with E-state index in [1.807, 2.05) is 6.92 Å². The van der Waals surface area contributed by atoms with Gasteiger partial charge in [0.05, 0.1) is 0 Å². The van der Waals surface area contributed by atoms with Crippen molar-refractivity contribution in [3.8, 4) is 0 Å². The number of nitrogens with zero attached hydrogens (tertiary/aromatic N) is 4. The maximum Gasteiger partial charge on any atom is 0.0417 e. The zero-order valence-corrected chi connectivity index (χ0v) is 9.78. The summed E-state index contributed by atoms with van der Waals surface area (Å²) < 4.78 is 0. The van der Waals surface area contributed by atoms with Gasteiger partial charge in [0.2, 0.25) is 0 Å². The molecule has 1 fully saturated rings. The molecule has 2 unspecified atom stereocenters. The van der Waals surface area contributed by atoms with Crippen molar-refractivity contribution in [3.05, 3.63) is 10.4 Å². The van der Waals surface area contributed by atoms with Crippen LogP contribution in [0.15, 0.2) is 5.11 Å². The molecule has 0 N–H and O–H groups in total. The van der Waals surface area contributed by atoms with Gasteiger partial charge in [0.1, 0.15) is 0 Å². The number of hydrogen-bond acceptors (Lipinski definition) is 2. The second kappa shape index (κ2) is 3.44. The molecule has 1 aliphatic heterocycles. The van der Waals surface area contributed by atoms with Crippen LogP contribution in [0.25, 0.3) is 10.4 Å². The molecule has 2 atom stereocenters. The topological polar surface area (TPSA) is 52.0 Å². The summed E-state index contributed by atoms with van der Waals surface area (Å²) in [6.45, 7) is 10.8. The molecule has 1 saturated heterocycles. The van der Waals surface area contributed by atoms with Gasteiger partial charge in [-0.3, -0.25) is 0 Å². The molecule has 0 aliphatic carbocycles. The Kier molecular flexibility index (Phi) is 2.79. The molecular weight excluding hydrogens is 176 g/mol. The van der Waals surface area contributed by atoms with Crippen molar-refractivity contribution in [2.45, 2.75) is 33.7 Å². The summed E-state index contributed by atoms with van der Waals surface area (Å²) in [5, 5.41) is 3.86. The smallest absolute Gasteiger partial charge is 0.0417 e. The fourth-order valence-electron chi connectivity index (χ4n) is 2.59. The second-order valence-electron chi connectivity index (χ2n) is 5.35. The van der Waals surface area contributed by atoms with Crippen LogP contribution in [0, 0.1) is 10.8 Å². The Balaban J connectivity index is 2.98. The SMILES string of the molecule is CC(N=[N+]=[N-])C1(C)CN(C)CC1(C)C. The second-order valence-corrected chi connectivity index (χ2v) is 5.35. The minimum absolute atomic E-state index is 0.0486. The van der Waals surface area contributed by atoms with Gasteiger partial charge in [0.15, 0.2) is 0 Å². The van der Waals surface area contributed by atoms with Gasteiger partial charge in [0.25, 0.3) is 0 Å². The van der Waals surface area contributed by atoms with E-state index in [1.165, 1.54) is 0 Å². The van der Waals surface area contributed by atoms with Crippen LogP contribution in [0.2, 0.25) is 0 Å². The predicted molar refractivity (Wildman–Crippen MR) is 58.0 cm³/mol. The molecule has 0 aromatic rings. The van der Waals surface area contributed by atoms with Crippen LogP contribution in [0.1, 0.15) is 27.7 Å². The van der Waals surface area contributed by atoms with Gasteiger partial charge >= 0.3 is 0 Å². The average Bonchev–Trinajstić information content (AvgIpc) is 2.22. The van der Waals surface area contributed by atoms with Crippen LogP contribution in [-0.2, 0) is 0 Å². The van der Waals surface area contributed by atoms with Gasteiger partial charge in [-0.15, -0.1) is 0 Å². The Labute approximate surface area is 85.9 Å². The lowest BCUT2D eigenvalue weighted by atomic mass is 9.65. The van der Waals surface area contributed by atoms with Crippen LogP contribution in [0.3, 0.4) is 0 Å². The molecule has 1 aliphatic rings. The highest BCUT2D eigenvalue weighted by Gasteiger charge is 2.50. The van der Waals surface area contributed by atoms with Gasteiger partial charge in [-0.1, -0.05) is 32.8 Å². The van der Waals surface area contributed by atoms with Gasteiger partial charge in [-0.25, -0.2) is 0 Å². The summed E-state index contributed by atoms with van der Waals surface area (Å²) in [5.74, 6) is 0. The van der Waals surface area contributed by atoms with Crippen molar-refractivity contribution >= 4 is 0 Å². The maximum absolute atomic E-state index is 8.49. The number of rotatable bonds is 2. The molecule has 14 heavy (non-hydrogen) atoms. The monoisotopic (exact) mass is 196 g/mol. The quantitative estimate of drug-likeness (QED) is 0.380. The van der Waals surface area contributed by atoms with Crippen LogP contribution in [0.4, 0.5) is 0 Å². The molecule has 0 saturated carbocycles. The van der Waals surface area contributed by atoms with Crippen molar-refractivity contribution in [1.82, 2.24) is 4.90 Å². The van der Waals surface area contributed by atoms with Crippen molar-refractivity contribution in [2.75, 3.05) is 20.1 Å². The van der Waals surface area contributed by atoms with Crippen LogP contribution >= 0.6 is 0 Å². The summed E-state index contributed by atoms with van der Waals surface area (Å²) in [6, 6.07) is 0.0486. The van der Waals surface area contributed by atoms with E-state index in [1.54, 1.807) is 0 Å². The van der Waals surface area contributed by atoms with E-state index in [0.717, 1.165) is 13.1 Å². The molecular formula is C10H20N4. The zero-order valence-electron chi connectivity index (χ0n) is 9.78. The van der Waals surface area contributed by atoms with Gasteiger partial charge in [0, 0.05) is 24.0 Å². The maximum atomic E-state index is 8.49. The molecule has 1 heterocycles. The number of likely N-dealkylation sites (tertiary alicyclic amines) is 1. The molecule has 0 aromatic carbocycles. The van der Waals surface area contributed by atoms with E-state index in [4.69, 9.17) is 5.53 Å². The summed E-state index contributed by atoms with van der Waals surface area (Å²) in [6.07, 6.45) is 0. The highest BCUT2D eigenvalue weighted by atomic mass is 15.2. The van der Waals surface area contributed by atoms with Crippen molar-refractivity contribution < 1.29 is 0 Å². The first-order valence-corrected chi connectivity index (χ1v) is 5.06. The van der Waals surface area contributed by atoms with E-state index in [-0.39, 0.29) is 16.9 Å². The van der Waals surface area contributed by atoms with Gasteiger partial charge in [-0.2, -0.15) is 0 Å². The van der Waals surface area contributed by atoms with Gasteiger partial charge in [-0.05, 0) is 23.4 Å². The fourth-order valence-corrected chi connectivity index (χ4v) is 2.59. The molecule has 0 aromatic heterocycles. The Morgan fingerprint density at radius 3 is 2.29 bits per heavy atom. The summed E-state index contributed by atoms with van der Waals surface area (Å²) in [4.78, 5) is 5.23. The fraction of sp³-hybridized carbons (Fsp3) is 1.00. The molecule has 0 spiro atoms. The standard InChI is InChI=1S/C10H20N4/c1-8(12-13-11)10(4)7-14(5)6-9(10,2)3/h8H,6-7H2,1-5H3. The zero-order chi connectivity index (χ0) is 11.0. The minimum Gasteiger partial charge on any atom is -0.305 e. The van der Waals surface area contributed by atoms with E-state index in [9.17, 15) is 0 Å².